The van der Waals surface area contributed by atoms with Crippen LogP contribution in [0.2, 0.25) is 0 Å². The molecule has 1 atom stereocenters. The lowest BCUT2D eigenvalue weighted by Gasteiger charge is -2.12. The number of aromatic nitrogens is 1. The number of benzene rings is 1. The molecule has 0 aliphatic rings. The first kappa shape index (κ1) is 16.5. The highest BCUT2D eigenvalue weighted by Gasteiger charge is 2.07. The molecule has 0 aliphatic carbocycles. The summed E-state index contributed by atoms with van der Waals surface area (Å²) in [4.78, 5) is 4.61. The quantitative estimate of drug-likeness (QED) is 0.720. The molecule has 1 unspecified atom stereocenters. The van der Waals surface area contributed by atoms with Crippen LogP contribution in [-0.4, -0.2) is 22.5 Å². The second kappa shape index (κ2) is 8.51. The molecule has 0 radical (unpaired) electrons. The van der Waals surface area contributed by atoms with Crippen LogP contribution in [0.1, 0.15) is 26.0 Å². The van der Waals surface area contributed by atoms with E-state index in [-0.39, 0.29) is 5.82 Å². The van der Waals surface area contributed by atoms with Gasteiger partial charge in [-0.3, -0.25) is 0 Å². The molecular weight excluding hydrogens is 303 g/mol. The molecule has 0 amide bonds. The molecule has 0 fully saturated rings. The Labute approximate surface area is 134 Å². The van der Waals surface area contributed by atoms with Crippen LogP contribution in [0, 0.1) is 5.82 Å². The minimum Gasteiger partial charge on any atom is -0.309 e. The zero-order valence-electron chi connectivity index (χ0n) is 12.4. The molecule has 114 valence electrons. The largest absolute Gasteiger partial charge is 0.309 e. The van der Waals surface area contributed by atoms with Gasteiger partial charge >= 0.3 is 0 Å². The first-order valence-electron chi connectivity index (χ1n) is 7.20. The van der Waals surface area contributed by atoms with Gasteiger partial charge in [0.05, 0.1) is 5.69 Å². The number of nitrogens with zero attached hydrogens (tertiary/aromatic N) is 1. The van der Waals surface area contributed by atoms with Gasteiger partial charge in [0.2, 0.25) is 0 Å². The van der Waals surface area contributed by atoms with Gasteiger partial charge in [-0.15, -0.1) is 11.3 Å². The molecular formula is C16H21FN2S2. The Morgan fingerprint density at radius 1 is 1.33 bits per heavy atom. The topological polar surface area (TPSA) is 24.9 Å². The third-order valence-corrected chi connectivity index (χ3v) is 5.05. The van der Waals surface area contributed by atoms with Crippen molar-refractivity contribution in [2.24, 2.45) is 0 Å². The first-order chi connectivity index (χ1) is 10.2. The van der Waals surface area contributed by atoms with Crippen LogP contribution in [-0.2, 0) is 6.54 Å². The highest BCUT2D eigenvalue weighted by Crippen LogP contribution is 2.23. The van der Waals surface area contributed by atoms with E-state index in [1.54, 1.807) is 23.5 Å². The van der Waals surface area contributed by atoms with E-state index >= 15 is 0 Å². The minimum absolute atomic E-state index is 0.212. The molecule has 2 nitrogen and oxygen atoms in total. The van der Waals surface area contributed by atoms with Gasteiger partial charge in [0.1, 0.15) is 10.8 Å². The molecule has 2 rings (SSSR count). The van der Waals surface area contributed by atoms with Gasteiger partial charge in [0.15, 0.2) is 0 Å². The van der Waals surface area contributed by atoms with Crippen molar-refractivity contribution >= 4 is 23.1 Å². The van der Waals surface area contributed by atoms with Gasteiger partial charge < -0.3 is 5.32 Å². The van der Waals surface area contributed by atoms with Crippen LogP contribution < -0.4 is 5.32 Å². The molecule has 0 saturated carbocycles. The maximum absolute atomic E-state index is 12.9. The molecule has 1 aromatic heterocycles. The summed E-state index contributed by atoms with van der Waals surface area (Å²) in [5.74, 6) is 2.17. The fraction of sp³-hybridized carbons (Fsp3) is 0.438. The molecule has 21 heavy (non-hydrogen) atoms. The molecule has 2 aromatic rings. The van der Waals surface area contributed by atoms with Crippen LogP contribution in [0.15, 0.2) is 29.6 Å². The number of nitrogens with one attached hydrogen (secondary N) is 1. The normalized spacial score (nSPS) is 12.5. The van der Waals surface area contributed by atoms with Gasteiger partial charge in [0.25, 0.3) is 0 Å². The lowest BCUT2D eigenvalue weighted by atomic mass is 10.2. The van der Waals surface area contributed by atoms with Gasteiger partial charge in [-0.2, -0.15) is 11.8 Å². The summed E-state index contributed by atoms with van der Waals surface area (Å²) in [6, 6.07) is 7.00. The lowest BCUT2D eigenvalue weighted by molar-refractivity contribution is 0.533. The fourth-order valence-electron chi connectivity index (χ4n) is 1.90. The first-order valence-corrected chi connectivity index (χ1v) is 9.24. The van der Waals surface area contributed by atoms with E-state index in [0.29, 0.717) is 6.04 Å². The van der Waals surface area contributed by atoms with Gasteiger partial charge in [0, 0.05) is 23.5 Å². The summed E-state index contributed by atoms with van der Waals surface area (Å²) in [7, 11) is 0. The maximum atomic E-state index is 12.9. The number of hydrogen-bond acceptors (Lipinski definition) is 4. The molecule has 0 saturated heterocycles. The van der Waals surface area contributed by atoms with Gasteiger partial charge in [-0.1, -0.05) is 6.92 Å². The lowest BCUT2D eigenvalue weighted by Crippen LogP contribution is -2.26. The van der Waals surface area contributed by atoms with Crippen molar-refractivity contribution in [3.63, 3.8) is 0 Å². The molecule has 5 heteroatoms. The number of rotatable bonds is 8. The fourth-order valence-corrected chi connectivity index (χ4v) is 3.53. The van der Waals surface area contributed by atoms with E-state index in [1.165, 1.54) is 30.1 Å². The highest BCUT2D eigenvalue weighted by atomic mass is 32.2. The summed E-state index contributed by atoms with van der Waals surface area (Å²) in [5.41, 5.74) is 2.02. The smallest absolute Gasteiger partial charge is 0.123 e. The number of halogens is 1. The third kappa shape index (κ3) is 5.41. The summed E-state index contributed by atoms with van der Waals surface area (Å²) in [6.07, 6.45) is 1.17. The number of thioether (sulfide) groups is 1. The predicted molar refractivity (Wildman–Crippen MR) is 91.4 cm³/mol. The Balaban J connectivity index is 1.84. The van der Waals surface area contributed by atoms with Crippen molar-refractivity contribution in [3.8, 4) is 10.6 Å². The molecule has 0 bridgehead atoms. The zero-order chi connectivity index (χ0) is 15.1. The second-order valence-electron chi connectivity index (χ2n) is 4.92. The van der Waals surface area contributed by atoms with Gasteiger partial charge in [-0.05, 0) is 49.1 Å². The van der Waals surface area contributed by atoms with E-state index in [1.807, 2.05) is 11.8 Å². The van der Waals surface area contributed by atoms with Crippen LogP contribution in [0.3, 0.4) is 0 Å². The van der Waals surface area contributed by atoms with Crippen molar-refractivity contribution in [1.29, 1.82) is 0 Å². The van der Waals surface area contributed by atoms with Crippen LogP contribution in [0.4, 0.5) is 4.39 Å². The number of thiazole rings is 1. The van der Waals surface area contributed by atoms with Gasteiger partial charge in [-0.25, -0.2) is 9.37 Å². The van der Waals surface area contributed by atoms with Crippen LogP contribution in [0.5, 0.6) is 0 Å². The molecule has 1 heterocycles. The van der Waals surface area contributed by atoms with Crippen molar-refractivity contribution < 1.29 is 4.39 Å². The molecule has 0 spiro atoms. The van der Waals surface area contributed by atoms with Crippen molar-refractivity contribution in [2.45, 2.75) is 32.9 Å². The summed E-state index contributed by atoms with van der Waals surface area (Å²) >= 11 is 3.58. The SMILES string of the molecule is CCSCCC(C)NCc1csc(-c2ccc(F)cc2)n1. The van der Waals surface area contributed by atoms with E-state index in [2.05, 4.69) is 29.5 Å². The van der Waals surface area contributed by atoms with Crippen molar-refractivity contribution in [1.82, 2.24) is 10.3 Å². The van der Waals surface area contributed by atoms with E-state index in [4.69, 9.17) is 0 Å². The second-order valence-corrected chi connectivity index (χ2v) is 7.17. The third-order valence-electron chi connectivity index (χ3n) is 3.17. The molecule has 0 aliphatic heterocycles. The van der Waals surface area contributed by atoms with Crippen LogP contribution >= 0.6 is 23.1 Å². The van der Waals surface area contributed by atoms with Crippen LogP contribution in [0.25, 0.3) is 10.6 Å². The summed E-state index contributed by atoms with van der Waals surface area (Å²) in [5, 5.41) is 6.52. The Hall–Kier alpha value is -0.910. The Kier molecular flexibility index (Phi) is 6.67. The monoisotopic (exact) mass is 324 g/mol. The molecule has 1 aromatic carbocycles. The number of hydrogen-bond donors (Lipinski definition) is 1. The average Bonchev–Trinajstić information content (AvgIpc) is 2.95. The van der Waals surface area contributed by atoms with Crippen molar-refractivity contribution in [3.05, 3.63) is 41.2 Å². The minimum atomic E-state index is -0.212. The van der Waals surface area contributed by atoms with E-state index < -0.39 is 0 Å². The average molecular weight is 324 g/mol. The molecule has 1 N–H and O–H groups in total. The zero-order valence-corrected chi connectivity index (χ0v) is 14.1. The Morgan fingerprint density at radius 2 is 2.10 bits per heavy atom. The van der Waals surface area contributed by atoms with E-state index in [9.17, 15) is 4.39 Å². The standard InChI is InChI=1S/C16H21FN2S2/c1-3-20-9-8-12(2)18-10-15-11-21-16(19-15)13-4-6-14(17)7-5-13/h4-7,11-12,18H,3,8-10H2,1-2H3. The highest BCUT2D eigenvalue weighted by molar-refractivity contribution is 7.99. The van der Waals surface area contributed by atoms with E-state index in [0.717, 1.165) is 22.8 Å². The summed E-state index contributed by atoms with van der Waals surface area (Å²) in [6.45, 7) is 5.19. The predicted octanol–water partition coefficient (Wildman–Crippen LogP) is 4.57. The Bertz CT molecular complexity index is 539. The summed E-state index contributed by atoms with van der Waals surface area (Å²) < 4.78 is 12.9. The van der Waals surface area contributed by atoms with Crippen molar-refractivity contribution in [2.75, 3.05) is 11.5 Å². The Morgan fingerprint density at radius 3 is 2.81 bits per heavy atom. The maximum Gasteiger partial charge on any atom is 0.123 e.